The van der Waals surface area contributed by atoms with Gasteiger partial charge in [-0.2, -0.15) is 0 Å². The molecule has 2 nitrogen and oxygen atoms in total. The standard InChI is InChI=1S/C54H34N2S2/c1-3-13-36(14-4-1)41-19-11-20-46-47-21-12-23-49(54(47)58-53(41)46)55(40-30-32-45-44-18-8-10-24-51(44)57-52(45)34-40)39-28-25-35(26-29-39)37-27-31-43-42-17-7-9-22-48(42)56(50(43)33-37)38-15-5-2-6-16-38/h1-34H. The molecule has 0 atom stereocenters. The van der Waals surface area contributed by atoms with Crippen molar-refractivity contribution < 1.29 is 0 Å². The van der Waals surface area contributed by atoms with Crippen LogP contribution in [0.25, 0.3) is 90.1 Å². The van der Waals surface area contributed by atoms with E-state index in [2.05, 4.69) is 216 Å². The molecule has 0 aliphatic rings. The second kappa shape index (κ2) is 13.3. The van der Waals surface area contributed by atoms with Gasteiger partial charge < -0.3 is 9.47 Å². The number of benzene rings is 9. The quantitative estimate of drug-likeness (QED) is 0.163. The maximum atomic E-state index is 2.46. The van der Waals surface area contributed by atoms with Gasteiger partial charge in [0.05, 0.1) is 21.4 Å². The molecular weight excluding hydrogens is 741 g/mol. The summed E-state index contributed by atoms with van der Waals surface area (Å²) in [6.45, 7) is 0. The monoisotopic (exact) mass is 774 g/mol. The van der Waals surface area contributed by atoms with Crippen LogP contribution in [0.15, 0.2) is 206 Å². The van der Waals surface area contributed by atoms with Crippen molar-refractivity contribution >= 4 is 102 Å². The smallest absolute Gasteiger partial charge is 0.0640 e. The summed E-state index contributed by atoms with van der Waals surface area (Å²) < 4.78 is 7.59. The van der Waals surface area contributed by atoms with E-state index in [0.717, 1.165) is 11.4 Å². The van der Waals surface area contributed by atoms with Crippen LogP contribution in [0.3, 0.4) is 0 Å². The van der Waals surface area contributed by atoms with Crippen molar-refractivity contribution in [1.82, 2.24) is 4.57 Å². The minimum absolute atomic E-state index is 1.12. The number of fused-ring (bicyclic) bond motifs is 9. The summed E-state index contributed by atoms with van der Waals surface area (Å²) in [4.78, 5) is 2.46. The average molecular weight is 775 g/mol. The molecule has 0 radical (unpaired) electrons. The van der Waals surface area contributed by atoms with Gasteiger partial charge in [0.15, 0.2) is 0 Å². The molecule has 12 aromatic rings. The van der Waals surface area contributed by atoms with Crippen LogP contribution in [0.4, 0.5) is 17.1 Å². The molecule has 0 saturated carbocycles. The van der Waals surface area contributed by atoms with Crippen molar-refractivity contribution in [3.8, 4) is 27.9 Å². The maximum Gasteiger partial charge on any atom is 0.0640 e. The van der Waals surface area contributed by atoms with Crippen LogP contribution in [0.5, 0.6) is 0 Å². The van der Waals surface area contributed by atoms with Crippen molar-refractivity contribution in [3.05, 3.63) is 206 Å². The second-order valence-electron chi connectivity index (χ2n) is 14.9. The molecule has 0 unspecified atom stereocenters. The van der Waals surface area contributed by atoms with Gasteiger partial charge in [-0.25, -0.2) is 0 Å². The van der Waals surface area contributed by atoms with Gasteiger partial charge in [-0.1, -0.05) is 146 Å². The number of para-hydroxylation sites is 2. The summed E-state index contributed by atoms with van der Waals surface area (Å²) in [5.74, 6) is 0. The Morgan fingerprint density at radius 1 is 0.345 bits per heavy atom. The number of aromatic nitrogens is 1. The molecule has 58 heavy (non-hydrogen) atoms. The van der Waals surface area contributed by atoms with Crippen molar-refractivity contribution in [2.45, 2.75) is 0 Å². The SMILES string of the molecule is c1ccc(-c2cccc3c2sc2c(N(c4ccc(-c5ccc6c7ccccc7n(-c7ccccc7)c6c5)cc4)c4ccc5c(c4)sc4ccccc45)cccc23)cc1. The fourth-order valence-corrected chi connectivity index (χ4v) is 11.4. The van der Waals surface area contributed by atoms with Crippen molar-refractivity contribution in [2.24, 2.45) is 0 Å². The summed E-state index contributed by atoms with van der Waals surface area (Å²) in [7, 11) is 0. The molecule has 4 heteroatoms. The van der Waals surface area contributed by atoms with E-state index in [-0.39, 0.29) is 0 Å². The molecule has 272 valence electrons. The van der Waals surface area contributed by atoms with E-state index in [9.17, 15) is 0 Å². The molecule has 0 aliphatic carbocycles. The Bertz CT molecular complexity index is 3500. The largest absolute Gasteiger partial charge is 0.309 e. The molecular formula is C54H34N2S2. The lowest BCUT2D eigenvalue weighted by Gasteiger charge is -2.26. The maximum absolute atomic E-state index is 2.46. The van der Waals surface area contributed by atoms with Gasteiger partial charge >= 0.3 is 0 Å². The Labute approximate surface area is 343 Å². The van der Waals surface area contributed by atoms with Crippen LogP contribution in [-0.4, -0.2) is 4.57 Å². The Morgan fingerprint density at radius 3 is 1.81 bits per heavy atom. The molecule has 0 amide bonds. The summed E-state index contributed by atoms with van der Waals surface area (Å²) >= 11 is 3.76. The lowest BCUT2D eigenvalue weighted by Crippen LogP contribution is -2.09. The molecule has 12 rings (SSSR count). The van der Waals surface area contributed by atoms with E-state index in [1.165, 1.54) is 95.8 Å². The molecule has 0 spiro atoms. The van der Waals surface area contributed by atoms with E-state index in [4.69, 9.17) is 0 Å². The number of hydrogen-bond acceptors (Lipinski definition) is 3. The summed E-state index contributed by atoms with van der Waals surface area (Å²) in [5, 5.41) is 7.71. The molecule has 9 aromatic carbocycles. The van der Waals surface area contributed by atoms with Gasteiger partial charge in [-0.3, -0.25) is 0 Å². The first kappa shape index (κ1) is 33.2. The fourth-order valence-electron chi connectivity index (χ4n) is 8.92. The predicted molar refractivity (Wildman–Crippen MR) is 252 cm³/mol. The normalized spacial score (nSPS) is 11.8. The number of rotatable bonds is 6. The molecule has 0 saturated heterocycles. The lowest BCUT2D eigenvalue weighted by atomic mass is 10.0. The fraction of sp³-hybridized carbons (Fsp3) is 0. The zero-order valence-corrected chi connectivity index (χ0v) is 33.0. The van der Waals surface area contributed by atoms with E-state index >= 15 is 0 Å². The third-order valence-electron chi connectivity index (χ3n) is 11.6. The second-order valence-corrected chi connectivity index (χ2v) is 17.0. The number of nitrogens with zero attached hydrogens (tertiary/aromatic N) is 2. The highest BCUT2D eigenvalue weighted by molar-refractivity contribution is 7.27. The first-order valence-corrected chi connectivity index (χ1v) is 21.3. The van der Waals surface area contributed by atoms with Gasteiger partial charge in [-0.05, 0) is 82.9 Å². The minimum atomic E-state index is 1.12. The third-order valence-corrected chi connectivity index (χ3v) is 14.0. The van der Waals surface area contributed by atoms with Crippen molar-refractivity contribution in [2.75, 3.05) is 4.90 Å². The number of anilines is 3. The van der Waals surface area contributed by atoms with Crippen LogP contribution < -0.4 is 4.90 Å². The van der Waals surface area contributed by atoms with E-state index in [1.54, 1.807) is 0 Å². The van der Waals surface area contributed by atoms with Crippen molar-refractivity contribution in [1.29, 1.82) is 0 Å². The van der Waals surface area contributed by atoms with Crippen molar-refractivity contribution in [3.63, 3.8) is 0 Å². The molecule has 0 fully saturated rings. The molecule has 0 N–H and O–H groups in total. The van der Waals surface area contributed by atoms with Gasteiger partial charge in [0.1, 0.15) is 0 Å². The average Bonchev–Trinajstić information content (AvgIpc) is 3.97. The van der Waals surface area contributed by atoms with Crippen LogP contribution in [-0.2, 0) is 0 Å². The van der Waals surface area contributed by atoms with Gasteiger partial charge in [0, 0.05) is 63.5 Å². The summed E-state index contributed by atoms with van der Waals surface area (Å²) in [5.41, 5.74) is 11.9. The number of hydrogen-bond donors (Lipinski definition) is 0. The first-order valence-electron chi connectivity index (χ1n) is 19.7. The predicted octanol–water partition coefficient (Wildman–Crippen LogP) is 16.3. The Morgan fingerprint density at radius 2 is 0.966 bits per heavy atom. The molecule has 3 aromatic heterocycles. The van der Waals surface area contributed by atoms with Gasteiger partial charge in [-0.15, -0.1) is 22.7 Å². The lowest BCUT2D eigenvalue weighted by molar-refractivity contribution is 1.18. The molecule has 0 aliphatic heterocycles. The summed E-state index contributed by atoms with van der Waals surface area (Å²) in [6.07, 6.45) is 0. The Hall–Kier alpha value is -6.98. The zero-order chi connectivity index (χ0) is 38.2. The summed E-state index contributed by atoms with van der Waals surface area (Å²) in [6, 6.07) is 75.5. The van der Waals surface area contributed by atoms with E-state index < -0.39 is 0 Å². The highest BCUT2D eigenvalue weighted by atomic mass is 32.1. The topological polar surface area (TPSA) is 8.17 Å². The van der Waals surface area contributed by atoms with E-state index in [1.807, 2.05) is 22.7 Å². The minimum Gasteiger partial charge on any atom is -0.309 e. The van der Waals surface area contributed by atoms with Gasteiger partial charge in [0.25, 0.3) is 0 Å². The van der Waals surface area contributed by atoms with E-state index in [0.29, 0.717) is 0 Å². The van der Waals surface area contributed by atoms with Gasteiger partial charge in [0.2, 0.25) is 0 Å². The zero-order valence-electron chi connectivity index (χ0n) is 31.3. The van der Waals surface area contributed by atoms with Crippen LogP contribution in [0.2, 0.25) is 0 Å². The van der Waals surface area contributed by atoms with Crippen LogP contribution in [0.1, 0.15) is 0 Å². The molecule has 3 heterocycles. The van der Waals surface area contributed by atoms with Crippen LogP contribution >= 0.6 is 22.7 Å². The molecule has 0 bridgehead atoms. The number of thiophene rings is 2. The highest BCUT2D eigenvalue weighted by Crippen LogP contribution is 2.48. The highest BCUT2D eigenvalue weighted by Gasteiger charge is 2.21. The Balaban J connectivity index is 1.03. The first-order chi connectivity index (χ1) is 28.8. The van der Waals surface area contributed by atoms with Crippen LogP contribution in [0, 0.1) is 0 Å². The Kier molecular flexibility index (Phi) is 7.62. The third kappa shape index (κ3) is 5.23.